The molecule has 27 heavy (non-hydrogen) atoms. The van der Waals surface area contributed by atoms with Gasteiger partial charge in [-0.25, -0.2) is 4.99 Å². The number of aliphatic imine (C=N–C) groups is 1. The minimum Gasteiger partial charge on any atom is -0.383 e. The predicted octanol–water partition coefficient (Wildman–Crippen LogP) is 4.46. The minimum absolute atomic E-state index is 0.176. The molecule has 1 amide bonds. The lowest BCUT2D eigenvalue weighted by atomic mass is 10.1. The summed E-state index contributed by atoms with van der Waals surface area (Å²) in [6.07, 6.45) is 1.72. The molecule has 0 saturated heterocycles. The van der Waals surface area contributed by atoms with Gasteiger partial charge in [0.25, 0.3) is 5.91 Å². The first-order chi connectivity index (χ1) is 13.2. The van der Waals surface area contributed by atoms with Crippen LogP contribution in [0.2, 0.25) is 0 Å². The lowest BCUT2D eigenvalue weighted by molar-refractivity contribution is 0.102. The van der Waals surface area contributed by atoms with E-state index in [0.29, 0.717) is 22.8 Å². The second kappa shape index (κ2) is 7.17. The number of rotatable bonds is 4. The van der Waals surface area contributed by atoms with Crippen LogP contribution in [0.4, 0.5) is 11.4 Å². The van der Waals surface area contributed by atoms with Gasteiger partial charge < -0.3 is 16.0 Å². The van der Waals surface area contributed by atoms with Gasteiger partial charge in [0.15, 0.2) is 0 Å². The molecule has 0 aliphatic carbocycles. The lowest BCUT2D eigenvalue weighted by Gasteiger charge is -2.06. The molecule has 4 rings (SSSR count). The Morgan fingerprint density at radius 1 is 0.926 bits per heavy atom. The lowest BCUT2D eigenvalue weighted by Crippen LogP contribution is -2.12. The van der Waals surface area contributed by atoms with Gasteiger partial charge in [-0.05, 0) is 24.3 Å². The van der Waals surface area contributed by atoms with Crippen molar-refractivity contribution in [2.75, 3.05) is 5.32 Å². The molecule has 0 aliphatic rings. The maximum Gasteiger partial charge on any atom is 0.257 e. The number of para-hydroxylation sites is 1. The molecule has 3 aromatic carbocycles. The second-order valence-electron chi connectivity index (χ2n) is 6.12. The van der Waals surface area contributed by atoms with E-state index >= 15 is 0 Å². The molecule has 0 bridgehead atoms. The van der Waals surface area contributed by atoms with E-state index in [9.17, 15) is 4.79 Å². The SMILES string of the molecule is NC(=Nc1cccc(NC(=O)c2c[nH]c3ccccc23)c1)c1ccccc1. The Hall–Kier alpha value is -3.86. The molecule has 5 nitrogen and oxygen atoms in total. The second-order valence-corrected chi connectivity index (χ2v) is 6.12. The van der Waals surface area contributed by atoms with E-state index in [0.717, 1.165) is 16.5 Å². The molecule has 1 aromatic heterocycles. The van der Waals surface area contributed by atoms with Crippen LogP contribution in [0.3, 0.4) is 0 Å². The molecular weight excluding hydrogens is 336 g/mol. The number of carbonyl (C=O) groups excluding carboxylic acids is 1. The number of aromatic amines is 1. The minimum atomic E-state index is -0.176. The molecule has 0 radical (unpaired) electrons. The number of H-pyrrole nitrogens is 1. The van der Waals surface area contributed by atoms with Crippen LogP contribution in [-0.2, 0) is 0 Å². The number of hydrogen-bond donors (Lipinski definition) is 3. The van der Waals surface area contributed by atoms with Crippen LogP contribution >= 0.6 is 0 Å². The number of fused-ring (bicyclic) bond motifs is 1. The highest BCUT2D eigenvalue weighted by Gasteiger charge is 2.12. The average Bonchev–Trinajstić information content (AvgIpc) is 3.13. The van der Waals surface area contributed by atoms with Crippen LogP contribution < -0.4 is 11.1 Å². The average molecular weight is 354 g/mol. The Labute approximate surface area is 156 Å². The highest BCUT2D eigenvalue weighted by Crippen LogP contribution is 2.22. The molecule has 0 atom stereocenters. The largest absolute Gasteiger partial charge is 0.383 e. The van der Waals surface area contributed by atoms with Crippen LogP contribution in [0.15, 0.2) is 90.1 Å². The van der Waals surface area contributed by atoms with Crippen molar-refractivity contribution < 1.29 is 4.79 Å². The molecule has 0 aliphatic heterocycles. The van der Waals surface area contributed by atoms with Gasteiger partial charge in [0, 0.05) is 28.4 Å². The fraction of sp³-hybridized carbons (Fsp3) is 0. The summed E-state index contributed by atoms with van der Waals surface area (Å²) in [6, 6.07) is 24.6. The number of carbonyl (C=O) groups is 1. The van der Waals surface area contributed by atoms with Gasteiger partial charge in [0.2, 0.25) is 0 Å². The third kappa shape index (κ3) is 3.57. The Morgan fingerprint density at radius 3 is 2.56 bits per heavy atom. The Balaban J connectivity index is 1.57. The number of nitrogens with two attached hydrogens (primary N) is 1. The van der Waals surface area contributed by atoms with E-state index in [2.05, 4.69) is 15.3 Å². The van der Waals surface area contributed by atoms with Crippen molar-refractivity contribution in [1.29, 1.82) is 0 Å². The van der Waals surface area contributed by atoms with Gasteiger partial charge in [-0.15, -0.1) is 0 Å². The zero-order chi connectivity index (χ0) is 18.6. The summed E-state index contributed by atoms with van der Waals surface area (Å²) in [5.41, 5.74) is 9.79. The summed E-state index contributed by atoms with van der Waals surface area (Å²) in [5.74, 6) is 0.250. The van der Waals surface area contributed by atoms with Crippen molar-refractivity contribution in [2.24, 2.45) is 10.7 Å². The number of nitrogens with zero attached hydrogens (tertiary/aromatic N) is 1. The van der Waals surface area contributed by atoms with Crippen molar-refractivity contribution in [1.82, 2.24) is 4.98 Å². The van der Waals surface area contributed by atoms with Crippen LogP contribution in [0.25, 0.3) is 10.9 Å². The summed E-state index contributed by atoms with van der Waals surface area (Å²) in [4.78, 5) is 20.2. The van der Waals surface area contributed by atoms with Crippen LogP contribution in [0.1, 0.15) is 15.9 Å². The fourth-order valence-electron chi connectivity index (χ4n) is 2.92. The van der Waals surface area contributed by atoms with Crippen LogP contribution in [-0.4, -0.2) is 16.7 Å². The predicted molar refractivity (Wildman–Crippen MR) is 110 cm³/mol. The monoisotopic (exact) mass is 354 g/mol. The summed E-state index contributed by atoms with van der Waals surface area (Å²) in [6.45, 7) is 0. The Bertz CT molecular complexity index is 1130. The van der Waals surface area contributed by atoms with E-state index in [1.54, 1.807) is 12.3 Å². The quantitative estimate of drug-likeness (QED) is 0.373. The maximum absolute atomic E-state index is 12.7. The Kier molecular flexibility index (Phi) is 4.41. The van der Waals surface area contributed by atoms with Crippen molar-refractivity contribution in [2.45, 2.75) is 0 Å². The van der Waals surface area contributed by atoms with E-state index in [4.69, 9.17) is 5.73 Å². The molecule has 132 valence electrons. The van der Waals surface area contributed by atoms with Crippen LogP contribution in [0.5, 0.6) is 0 Å². The molecule has 0 saturated carbocycles. The number of benzene rings is 3. The van der Waals surface area contributed by atoms with E-state index < -0.39 is 0 Å². The maximum atomic E-state index is 12.7. The highest BCUT2D eigenvalue weighted by atomic mass is 16.1. The first-order valence-corrected chi connectivity index (χ1v) is 8.58. The molecule has 0 spiro atoms. The van der Waals surface area contributed by atoms with Crippen molar-refractivity contribution >= 4 is 34.0 Å². The highest BCUT2D eigenvalue weighted by molar-refractivity contribution is 6.12. The van der Waals surface area contributed by atoms with Crippen molar-refractivity contribution in [3.63, 3.8) is 0 Å². The number of amidine groups is 1. The smallest absolute Gasteiger partial charge is 0.257 e. The third-order valence-corrected chi connectivity index (χ3v) is 4.26. The first-order valence-electron chi connectivity index (χ1n) is 8.58. The van der Waals surface area contributed by atoms with Gasteiger partial charge in [0.05, 0.1) is 11.3 Å². The molecule has 5 heteroatoms. The van der Waals surface area contributed by atoms with Gasteiger partial charge in [-0.1, -0.05) is 54.6 Å². The standard InChI is InChI=1S/C22H18N4O/c23-21(15-7-2-1-3-8-15)25-16-9-6-10-17(13-16)26-22(27)19-14-24-20-12-5-4-11-18(19)20/h1-14,24H,(H2,23,25)(H,26,27). The molecule has 4 aromatic rings. The van der Waals surface area contributed by atoms with E-state index in [1.165, 1.54) is 0 Å². The first kappa shape index (κ1) is 16.6. The number of anilines is 1. The summed E-state index contributed by atoms with van der Waals surface area (Å²) in [7, 11) is 0. The fourth-order valence-corrected chi connectivity index (χ4v) is 2.92. The molecule has 1 heterocycles. The van der Waals surface area contributed by atoms with Crippen LogP contribution in [0, 0.1) is 0 Å². The van der Waals surface area contributed by atoms with Gasteiger partial charge in [0.1, 0.15) is 5.84 Å². The topological polar surface area (TPSA) is 83.3 Å². The number of aromatic nitrogens is 1. The summed E-state index contributed by atoms with van der Waals surface area (Å²) < 4.78 is 0. The Morgan fingerprint density at radius 2 is 1.70 bits per heavy atom. The zero-order valence-corrected chi connectivity index (χ0v) is 14.5. The van der Waals surface area contributed by atoms with Crippen molar-refractivity contribution in [3.8, 4) is 0 Å². The molecule has 0 unspecified atom stereocenters. The molecule has 4 N–H and O–H groups in total. The zero-order valence-electron chi connectivity index (χ0n) is 14.5. The number of amides is 1. The van der Waals surface area contributed by atoms with Crippen molar-refractivity contribution in [3.05, 3.63) is 96.2 Å². The molecule has 0 fully saturated rings. The van der Waals surface area contributed by atoms with E-state index in [-0.39, 0.29) is 5.91 Å². The molecular formula is C22H18N4O. The van der Waals surface area contributed by atoms with Gasteiger partial charge in [-0.2, -0.15) is 0 Å². The number of hydrogen-bond acceptors (Lipinski definition) is 2. The summed E-state index contributed by atoms with van der Waals surface area (Å²) in [5, 5.41) is 3.81. The number of nitrogens with one attached hydrogen (secondary N) is 2. The van der Waals surface area contributed by atoms with Gasteiger partial charge >= 0.3 is 0 Å². The van der Waals surface area contributed by atoms with Gasteiger partial charge in [-0.3, -0.25) is 4.79 Å². The third-order valence-electron chi connectivity index (χ3n) is 4.26. The summed E-state index contributed by atoms with van der Waals surface area (Å²) >= 11 is 0. The normalized spacial score (nSPS) is 11.5. The van der Waals surface area contributed by atoms with E-state index in [1.807, 2.05) is 72.8 Å².